The van der Waals surface area contributed by atoms with E-state index in [4.69, 9.17) is 10.5 Å². The van der Waals surface area contributed by atoms with E-state index >= 15 is 0 Å². The molecule has 0 atom stereocenters. The van der Waals surface area contributed by atoms with Crippen LogP contribution in [0.3, 0.4) is 0 Å². The zero-order valence-corrected chi connectivity index (χ0v) is 13.8. The number of ether oxygens (including phenoxy) is 1. The predicted octanol–water partition coefficient (Wildman–Crippen LogP) is 3.50. The maximum Gasteiger partial charge on any atom is 0.251 e. The van der Waals surface area contributed by atoms with E-state index < -0.39 is 0 Å². The third-order valence-corrected chi connectivity index (χ3v) is 3.56. The van der Waals surface area contributed by atoms with Crippen molar-refractivity contribution < 1.29 is 9.53 Å². The smallest absolute Gasteiger partial charge is 0.251 e. The lowest BCUT2D eigenvalue weighted by Gasteiger charge is -2.07. The lowest BCUT2D eigenvalue weighted by atomic mass is 10.1. The normalized spacial score (nSPS) is 10.5. The van der Waals surface area contributed by atoms with Gasteiger partial charge in [0.25, 0.3) is 5.91 Å². The third kappa shape index (κ3) is 8.03. The van der Waals surface area contributed by atoms with Crippen molar-refractivity contribution in [1.29, 1.82) is 0 Å². The standard InChI is InChI=1S/C18H30N2O2/c1-2-3-4-5-6-7-8-15-22-17-11-9-16(10-12-17)18(21)20-14-13-19/h9-12H,2-8,13-15,19H2,1H3,(H,20,21). The van der Waals surface area contributed by atoms with Crippen molar-refractivity contribution in [2.24, 2.45) is 5.73 Å². The second-order valence-electron chi connectivity index (χ2n) is 5.54. The molecule has 0 aliphatic carbocycles. The van der Waals surface area contributed by atoms with E-state index in [0.29, 0.717) is 18.7 Å². The number of unbranched alkanes of at least 4 members (excludes halogenated alkanes) is 6. The first-order valence-corrected chi connectivity index (χ1v) is 8.49. The van der Waals surface area contributed by atoms with Crippen molar-refractivity contribution in [2.75, 3.05) is 19.7 Å². The zero-order chi connectivity index (χ0) is 16.0. The molecule has 0 fully saturated rings. The minimum atomic E-state index is -0.0934. The molecule has 0 aromatic heterocycles. The molecule has 4 nitrogen and oxygen atoms in total. The molecule has 0 heterocycles. The largest absolute Gasteiger partial charge is 0.494 e. The third-order valence-electron chi connectivity index (χ3n) is 3.56. The fourth-order valence-corrected chi connectivity index (χ4v) is 2.24. The molecule has 4 heteroatoms. The Bertz CT molecular complexity index is 404. The van der Waals surface area contributed by atoms with Gasteiger partial charge < -0.3 is 15.8 Å². The Kier molecular flexibility index (Phi) is 10.1. The molecule has 0 aliphatic heterocycles. The summed E-state index contributed by atoms with van der Waals surface area (Å²) in [6.45, 7) is 3.92. The van der Waals surface area contributed by atoms with Crippen LogP contribution in [-0.2, 0) is 0 Å². The zero-order valence-electron chi connectivity index (χ0n) is 13.8. The number of nitrogens with two attached hydrogens (primary N) is 1. The summed E-state index contributed by atoms with van der Waals surface area (Å²) in [7, 11) is 0. The number of hydrogen-bond donors (Lipinski definition) is 2. The summed E-state index contributed by atoms with van der Waals surface area (Å²) in [5, 5.41) is 2.74. The predicted molar refractivity (Wildman–Crippen MR) is 91.3 cm³/mol. The number of carbonyl (C=O) groups is 1. The molecule has 0 aliphatic rings. The van der Waals surface area contributed by atoms with Crippen LogP contribution >= 0.6 is 0 Å². The summed E-state index contributed by atoms with van der Waals surface area (Å²) in [5.41, 5.74) is 5.99. The first kappa shape index (κ1) is 18.5. The number of rotatable bonds is 12. The van der Waals surface area contributed by atoms with Crippen LogP contribution in [0, 0.1) is 0 Å². The van der Waals surface area contributed by atoms with E-state index in [2.05, 4.69) is 12.2 Å². The van der Waals surface area contributed by atoms with Gasteiger partial charge in [0.15, 0.2) is 0 Å². The Morgan fingerprint density at radius 3 is 2.32 bits per heavy atom. The molecular weight excluding hydrogens is 276 g/mol. The summed E-state index contributed by atoms with van der Waals surface area (Å²) in [6, 6.07) is 7.26. The molecule has 1 aromatic rings. The molecule has 0 saturated carbocycles. The fraction of sp³-hybridized carbons (Fsp3) is 0.611. The number of hydrogen-bond acceptors (Lipinski definition) is 3. The van der Waals surface area contributed by atoms with Crippen LogP contribution in [0.5, 0.6) is 5.75 Å². The second-order valence-corrected chi connectivity index (χ2v) is 5.54. The molecule has 22 heavy (non-hydrogen) atoms. The average Bonchev–Trinajstić information content (AvgIpc) is 2.55. The molecule has 0 bridgehead atoms. The van der Waals surface area contributed by atoms with Gasteiger partial charge in [0.1, 0.15) is 5.75 Å². The van der Waals surface area contributed by atoms with E-state index in [-0.39, 0.29) is 5.91 Å². The number of amides is 1. The second kappa shape index (κ2) is 12.0. The van der Waals surface area contributed by atoms with Gasteiger partial charge in [-0.2, -0.15) is 0 Å². The average molecular weight is 306 g/mol. The Balaban J connectivity index is 2.15. The van der Waals surface area contributed by atoms with Crippen LogP contribution in [0.15, 0.2) is 24.3 Å². The van der Waals surface area contributed by atoms with Crippen molar-refractivity contribution in [3.8, 4) is 5.75 Å². The van der Waals surface area contributed by atoms with Crippen LogP contribution in [0.4, 0.5) is 0 Å². The van der Waals surface area contributed by atoms with Gasteiger partial charge in [-0.15, -0.1) is 0 Å². The molecule has 3 N–H and O–H groups in total. The molecule has 0 spiro atoms. The van der Waals surface area contributed by atoms with Crippen LogP contribution in [0.2, 0.25) is 0 Å². The highest BCUT2D eigenvalue weighted by atomic mass is 16.5. The van der Waals surface area contributed by atoms with Gasteiger partial charge in [0.05, 0.1) is 6.61 Å². The topological polar surface area (TPSA) is 64.3 Å². The van der Waals surface area contributed by atoms with E-state index in [1.54, 1.807) is 12.1 Å². The van der Waals surface area contributed by atoms with Gasteiger partial charge in [0.2, 0.25) is 0 Å². The number of carbonyl (C=O) groups excluding carboxylic acids is 1. The molecule has 0 unspecified atom stereocenters. The Labute approximate surface area is 134 Å². The Hall–Kier alpha value is -1.55. The SMILES string of the molecule is CCCCCCCCCOc1ccc(C(=O)NCCN)cc1. The highest BCUT2D eigenvalue weighted by molar-refractivity contribution is 5.94. The quantitative estimate of drug-likeness (QED) is 0.581. The van der Waals surface area contributed by atoms with E-state index in [0.717, 1.165) is 18.8 Å². The minimum Gasteiger partial charge on any atom is -0.494 e. The lowest BCUT2D eigenvalue weighted by Crippen LogP contribution is -2.28. The van der Waals surface area contributed by atoms with Crippen molar-refractivity contribution in [1.82, 2.24) is 5.32 Å². The maximum atomic E-state index is 11.7. The summed E-state index contributed by atoms with van der Waals surface area (Å²) < 4.78 is 5.70. The molecule has 1 aromatic carbocycles. The van der Waals surface area contributed by atoms with Crippen LogP contribution in [0.25, 0.3) is 0 Å². The number of nitrogens with one attached hydrogen (secondary N) is 1. The molecule has 124 valence electrons. The highest BCUT2D eigenvalue weighted by Crippen LogP contribution is 2.13. The Morgan fingerprint density at radius 1 is 1.05 bits per heavy atom. The molecule has 0 radical (unpaired) electrons. The lowest BCUT2D eigenvalue weighted by molar-refractivity contribution is 0.0954. The van der Waals surface area contributed by atoms with E-state index in [1.807, 2.05) is 12.1 Å². The van der Waals surface area contributed by atoms with Crippen molar-refractivity contribution in [3.05, 3.63) is 29.8 Å². The van der Waals surface area contributed by atoms with Crippen molar-refractivity contribution in [3.63, 3.8) is 0 Å². The molecule has 1 rings (SSSR count). The maximum absolute atomic E-state index is 11.7. The Morgan fingerprint density at radius 2 is 1.68 bits per heavy atom. The molecule has 0 saturated heterocycles. The first-order chi connectivity index (χ1) is 10.8. The molecular formula is C18H30N2O2. The summed E-state index contributed by atoms with van der Waals surface area (Å²) in [5.74, 6) is 0.727. The van der Waals surface area contributed by atoms with Crippen molar-refractivity contribution >= 4 is 5.91 Å². The molecule has 1 amide bonds. The van der Waals surface area contributed by atoms with Crippen LogP contribution in [-0.4, -0.2) is 25.6 Å². The van der Waals surface area contributed by atoms with Gasteiger partial charge in [-0.05, 0) is 30.7 Å². The first-order valence-electron chi connectivity index (χ1n) is 8.49. The van der Waals surface area contributed by atoms with Gasteiger partial charge in [-0.25, -0.2) is 0 Å². The fourth-order valence-electron chi connectivity index (χ4n) is 2.24. The van der Waals surface area contributed by atoms with Gasteiger partial charge in [-0.1, -0.05) is 45.4 Å². The summed E-state index contributed by atoms with van der Waals surface area (Å²) in [6.07, 6.45) is 8.94. The van der Waals surface area contributed by atoms with Gasteiger partial charge in [0, 0.05) is 18.7 Å². The summed E-state index contributed by atoms with van der Waals surface area (Å²) in [4.78, 5) is 11.7. The van der Waals surface area contributed by atoms with Crippen LogP contribution in [0.1, 0.15) is 62.2 Å². The van der Waals surface area contributed by atoms with Gasteiger partial charge in [-0.3, -0.25) is 4.79 Å². The van der Waals surface area contributed by atoms with E-state index in [9.17, 15) is 4.79 Å². The monoisotopic (exact) mass is 306 g/mol. The van der Waals surface area contributed by atoms with Gasteiger partial charge >= 0.3 is 0 Å². The minimum absolute atomic E-state index is 0.0934. The van der Waals surface area contributed by atoms with E-state index in [1.165, 1.54) is 38.5 Å². The summed E-state index contributed by atoms with van der Waals surface area (Å²) >= 11 is 0. The highest BCUT2D eigenvalue weighted by Gasteiger charge is 2.04. The van der Waals surface area contributed by atoms with Crippen LogP contribution < -0.4 is 15.8 Å². The van der Waals surface area contributed by atoms with Crippen molar-refractivity contribution in [2.45, 2.75) is 51.9 Å². The number of benzene rings is 1.